The maximum absolute atomic E-state index is 12.9. The number of nitrogens with zero attached hydrogens (tertiary/aromatic N) is 3. The van der Waals surface area contributed by atoms with Gasteiger partial charge in [0, 0.05) is 53.8 Å². The Kier molecular flexibility index (Phi) is 5.88. The largest absolute Gasteiger partial charge is 0.493 e. The van der Waals surface area contributed by atoms with Gasteiger partial charge in [-0.25, -0.2) is 8.42 Å². The van der Waals surface area contributed by atoms with Crippen molar-refractivity contribution in [1.29, 1.82) is 0 Å². The number of fused-ring (bicyclic) bond motifs is 1. The Morgan fingerprint density at radius 3 is 2.39 bits per heavy atom. The van der Waals surface area contributed by atoms with Crippen LogP contribution in [0.25, 0.3) is 33.0 Å². The van der Waals surface area contributed by atoms with Crippen LogP contribution in [0.1, 0.15) is 26.8 Å². The van der Waals surface area contributed by atoms with Crippen LogP contribution in [0, 0.1) is 0 Å². The molecule has 0 spiro atoms. The second kappa shape index (κ2) is 8.51. The van der Waals surface area contributed by atoms with Crippen LogP contribution in [-0.2, 0) is 16.9 Å². The van der Waals surface area contributed by atoms with Gasteiger partial charge in [0.15, 0.2) is 9.84 Å². The molecule has 0 fully saturated rings. The van der Waals surface area contributed by atoms with Crippen LogP contribution in [0.2, 0.25) is 0 Å². The summed E-state index contributed by atoms with van der Waals surface area (Å²) in [4.78, 5) is 13.1. The topological polar surface area (TPSA) is 83.2 Å². The normalized spacial score (nSPS) is 11.9. The zero-order valence-electron chi connectivity index (χ0n) is 19.4. The lowest BCUT2D eigenvalue weighted by atomic mass is 9.97. The molecule has 2 heterocycles. The third kappa shape index (κ3) is 4.30. The van der Waals surface area contributed by atoms with Crippen LogP contribution in [0.5, 0.6) is 5.75 Å². The minimum Gasteiger partial charge on any atom is -0.493 e. The van der Waals surface area contributed by atoms with Crippen molar-refractivity contribution >= 4 is 20.6 Å². The summed E-state index contributed by atoms with van der Waals surface area (Å²) in [5, 5.41) is 5.69. The number of ether oxygens (including phenoxy) is 1. The van der Waals surface area contributed by atoms with E-state index < -0.39 is 9.84 Å². The standard InChI is InChI=1S/C25H27N3O4S/c1-6-32-24-10-8-19(33(5,30)31)12-22(24)23-15-27(4)25(29)20-9-7-17(11-21(20)23)18-13-26-28(14-18)16(2)3/h7-16H,6H2,1-5H3. The van der Waals surface area contributed by atoms with Crippen LogP contribution >= 0.6 is 0 Å². The lowest BCUT2D eigenvalue weighted by molar-refractivity contribution is 0.341. The summed E-state index contributed by atoms with van der Waals surface area (Å²) in [5.74, 6) is 0.558. The summed E-state index contributed by atoms with van der Waals surface area (Å²) < 4.78 is 33.7. The highest BCUT2D eigenvalue weighted by atomic mass is 32.2. The average Bonchev–Trinajstić information content (AvgIpc) is 3.26. The maximum Gasteiger partial charge on any atom is 0.258 e. The van der Waals surface area contributed by atoms with E-state index in [1.54, 1.807) is 37.6 Å². The average molecular weight is 466 g/mol. The van der Waals surface area contributed by atoms with Gasteiger partial charge in [0.25, 0.3) is 5.56 Å². The Morgan fingerprint density at radius 1 is 1.00 bits per heavy atom. The van der Waals surface area contributed by atoms with Crippen LogP contribution in [0.4, 0.5) is 0 Å². The molecule has 0 saturated carbocycles. The Bertz CT molecular complexity index is 1510. The van der Waals surface area contributed by atoms with E-state index in [9.17, 15) is 13.2 Å². The number of sulfone groups is 1. The van der Waals surface area contributed by atoms with Crippen LogP contribution < -0.4 is 10.3 Å². The monoisotopic (exact) mass is 465 g/mol. The van der Waals surface area contributed by atoms with Gasteiger partial charge < -0.3 is 9.30 Å². The fourth-order valence-electron chi connectivity index (χ4n) is 3.86. The number of pyridine rings is 1. The molecule has 0 aliphatic heterocycles. The first-order chi connectivity index (χ1) is 15.6. The van der Waals surface area contributed by atoms with Crippen molar-refractivity contribution in [3.63, 3.8) is 0 Å². The molecule has 0 aliphatic rings. The van der Waals surface area contributed by atoms with Crippen molar-refractivity contribution in [2.45, 2.75) is 31.7 Å². The Balaban J connectivity index is 2.03. The molecule has 33 heavy (non-hydrogen) atoms. The van der Waals surface area contributed by atoms with Gasteiger partial charge in [0.2, 0.25) is 0 Å². The second-order valence-electron chi connectivity index (χ2n) is 8.39. The lowest BCUT2D eigenvalue weighted by Gasteiger charge is -2.16. The summed E-state index contributed by atoms with van der Waals surface area (Å²) in [7, 11) is -1.74. The quantitative estimate of drug-likeness (QED) is 0.420. The molecule has 0 atom stereocenters. The molecule has 0 aliphatic carbocycles. The van der Waals surface area contributed by atoms with Gasteiger partial charge in [-0.05, 0) is 62.1 Å². The van der Waals surface area contributed by atoms with Gasteiger partial charge in [-0.15, -0.1) is 0 Å². The Hall–Kier alpha value is -3.39. The van der Waals surface area contributed by atoms with Crippen LogP contribution in [0.15, 0.2) is 64.7 Å². The van der Waals surface area contributed by atoms with E-state index in [1.165, 1.54) is 10.8 Å². The third-order valence-electron chi connectivity index (χ3n) is 5.62. The number of benzene rings is 2. The summed E-state index contributed by atoms with van der Waals surface area (Å²) in [6.07, 6.45) is 6.69. The first-order valence-corrected chi connectivity index (χ1v) is 12.6. The summed E-state index contributed by atoms with van der Waals surface area (Å²) in [6.45, 7) is 6.41. The van der Waals surface area contributed by atoms with Gasteiger partial charge in [0.1, 0.15) is 5.75 Å². The lowest BCUT2D eigenvalue weighted by Crippen LogP contribution is -2.16. The number of hydrogen-bond donors (Lipinski definition) is 0. The van der Waals surface area contributed by atoms with Gasteiger partial charge >= 0.3 is 0 Å². The molecule has 0 unspecified atom stereocenters. The SMILES string of the molecule is CCOc1ccc(S(C)(=O)=O)cc1-c1cn(C)c(=O)c2ccc(-c3cnn(C(C)C)c3)cc12. The smallest absolute Gasteiger partial charge is 0.258 e. The van der Waals surface area contributed by atoms with E-state index in [0.29, 0.717) is 23.3 Å². The van der Waals surface area contributed by atoms with Gasteiger partial charge in [-0.3, -0.25) is 9.48 Å². The molecule has 0 radical (unpaired) electrons. The molecule has 0 bridgehead atoms. The molecule has 172 valence electrons. The minimum absolute atomic E-state index is 0.129. The fourth-order valence-corrected chi connectivity index (χ4v) is 4.51. The molecule has 0 amide bonds. The highest BCUT2D eigenvalue weighted by molar-refractivity contribution is 7.90. The minimum atomic E-state index is -3.43. The molecule has 4 rings (SSSR count). The molecule has 2 aromatic carbocycles. The van der Waals surface area contributed by atoms with Gasteiger partial charge in [-0.2, -0.15) is 5.10 Å². The highest BCUT2D eigenvalue weighted by Gasteiger charge is 2.18. The van der Waals surface area contributed by atoms with Crippen molar-refractivity contribution in [3.8, 4) is 28.0 Å². The zero-order valence-corrected chi connectivity index (χ0v) is 20.2. The van der Waals surface area contributed by atoms with E-state index in [2.05, 4.69) is 18.9 Å². The summed E-state index contributed by atoms with van der Waals surface area (Å²) >= 11 is 0. The fraction of sp³-hybridized carbons (Fsp3) is 0.280. The molecule has 8 heteroatoms. The molecular weight excluding hydrogens is 438 g/mol. The summed E-state index contributed by atoms with van der Waals surface area (Å²) in [6, 6.07) is 10.7. The van der Waals surface area contributed by atoms with Crippen LogP contribution in [0.3, 0.4) is 0 Å². The predicted octanol–water partition coefficient (Wildman–Crippen LogP) is 4.45. The van der Waals surface area contributed by atoms with Crippen molar-refractivity contribution in [2.24, 2.45) is 7.05 Å². The van der Waals surface area contributed by atoms with E-state index in [0.717, 1.165) is 22.1 Å². The first-order valence-electron chi connectivity index (χ1n) is 10.8. The number of aromatic nitrogens is 3. The van der Waals surface area contributed by atoms with Crippen molar-refractivity contribution in [1.82, 2.24) is 14.3 Å². The first kappa shape index (κ1) is 22.8. The highest BCUT2D eigenvalue weighted by Crippen LogP contribution is 2.37. The molecule has 7 nitrogen and oxygen atoms in total. The number of rotatable bonds is 6. The number of hydrogen-bond acceptors (Lipinski definition) is 5. The molecule has 0 N–H and O–H groups in total. The van der Waals surface area contributed by atoms with E-state index >= 15 is 0 Å². The predicted molar refractivity (Wildman–Crippen MR) is 131 cm³/mol. The second-order valence-corrected chi connectivity index (χ2v) is 10.4. The van der Waals surface area contributed by atoms with E-state index in [1.807, 2.05) is 36.0 Å². The zero-order chi connectivity index (χ0) is 23.9. The van der Waals surface area contributed by atoms with Crippen molar-refractivity contribution < 1.29 is 13.2 Å². The van der Waals surface area contributed by atoms with Crippen molar-refractivity contribution in [2.75, 3.05) is 12.9 Å². The van der Waals surface area contributed by atoms with E-state index in [-0.39, 0.29) is 16.5 Å². The molecule has 2 aromatic heterocycles. The molecule has 0 saturated heterocycles. The van der Waals surface area contributed by atoms with Gasteiger partial charge in [0.05, 0.1) is 17.7 Å². The maximum atomic E-state index is 12.9. The number of aryl methyl sites for hydroxylation is 1. The molecule has 4 aromatic rings. The summed E-state index contributed by atoms with van der Waals surface area (Å²) in [5.41, 5.74) is 3.07. The van der Waals surface area contributed by atoms with Crippen molar-refractivity contribution in [3.05, 3.63) is 65.3 Å². The third-order valence-corrected chi connectivity index (χ3v) is 6.73. The Morgan fingerprint density at radius 2 is 1.76 bits per heavy atom. The van der Waals surface area contributed by atoms with Crippen LogP contribution in [-0.4, -0.2) is 35.6 Å². The molecular formula is C25H27N3O4S. The van der Waals surface area contributed by atoms with E-state index in [4.69, 9.17) is 4.74 Å². The Labute approximate surface area is 193 Å². The van der Waals surface area contributed by atoms with Gasteiger partial charge in [-0.1, -0.05) is 6.07 Å².